The van der Waals surface area contributed by atoms with Gasteiger partial charge in [-0.05, 0) is 35.8 Å². The van der Waals surface area contributed by atoms with Crippen LogP contribution < -0.4 is 9.88 Å². The summed E-state index contributed by atoms with van der Waals surface area (Å²) in [5.74, 6) is -2.51. The van der Waals surface area contributed by atoms with Gasteiger partial charge in [0.25, 0.3) is 0 Å². The topological polar surface area (TPSA) is 92.4 Å². The number of carboxylic acid groups (broad SMARTS) is 2. The first-order valence-corrected chi connectivity index (χ1v) is 9.07. The van der Waals surface area contributed by atoms with Crippen molar-refractivity contribution in [3.63, 3.8) is 0 Å². The molecule has 2 heterocycles. The standard InChI is InChI=1S/C16H14N2S.C4H4O4/c1-18-8-4-6-12(18)10-15-17-16-13-7-3-2-5-11(13)9-14(16)19-15;5-3(6)1-2-4(7)8/h2-6,8-9H,7,10H2,1H3;1-2H,(H,5,6)(H,7,8). The van der Waals surface area contributed by atoms with E-state index < -0.39 is 11.9 Å². The van der Waals surface area contributed by atoms with Gasteiger partial charge in [-0.3, -0.25) is 0 Å². The molecular formula is C20H18N2O4S. The van der Waals surface area contributed by atoms with Crippen LogP contribution in [0.25, 0.3) is 11.6 Å². The average molecular weight is 382 g/mol. The zero-order valence-electron chi connectivity index (χ0n) is 14.6. The molecule has 2 aromatic rings. The molecule has 4 rings (SSSR count). The van der Waals surface area contributed by atoms with Gasteiger partial charge in [-0.15, -0.1) is 11.3 Å². The van der Waals surface area contributed by atoms with Crippen molar-refractivity contribution in [1.29, 1.82) is 0 Å². The van der Waals surface area contributed by atoms with E-state index in [0.29, 0.717) is 12.2 Å². The van der Waals surface area contributed by atoms with Crippen molar-refractivity contribution in [1.82, 2.24) is 9.55 Å². The lowest BCUT2D eigenvalue weighted by molar-refractivity contribution is -0.134. The normalized spacial score (nSPS) is 14.1. The molecule has 0 atom stereocenters. The smallest absolute Gasteiger partial charge is 0.328 e. The van der Waals surface area contributed by atoms with Gasteiger partial charge in [-0.25, -0.2) is 14.6 Å². The zero-order chi connectivity index (χ0) is 19.4. The van der Waals surface area contributed by atoms with Crippen LogP contribution in [0.2, 0.25) is 0 Å². The molecule has 0 spiro atoms. The van der Waals surface area contributed by atoms with E-state index >= 15 is 0 Å². The second-order valence-corrected chi connectivity index (χ2v) is 7.11. The van der Waals surface area contributed by atoms with Crippen molar-refractivity contribution in [3.8, 4) is 0 Å². The highest BCUT2D eigenvalue weighted by molar-refractivity contribution is 7.09. The second kappa shape index (κ2) is 8.01. The summed E-state index contributed by atoms with van der Waals surface area (Å²) < 4.78 is 3.49. The van der Waals surface area contributed by atoms with E-state index in [0.717, 1.165) is 12.8 Å². The minimum absolute atomic E-state index is 0.558. The molecule has 27 heavy (non-hydrogen) atoms. The first kappa shape index (κ1) is 18.6. The summed E-state index contributed by atoms with van der Waals surface area (Å²) in [5.41, 5.74) is 4.06. The Hall–Kier alpha value is -3.19. The van der Waals surface area contributed by atoms with Crippen LogP contribution >= 0.6 is 11.3 Å². The Morgan fingerprint density at radius 3 is 2.67 bits per heavy atom. The summed E-state index contributed by atoms with van der Waals surface area (Å²) in [6.45, 7) is 0. The largest absolute Gasteiger partial charge is 0.478 e. The predicted octanol–water partition coefficient (Wildman–Crippen LogP) is 1.62. The Morgan fingerprint density at radius 1 is 1.30 bits per heavy atom. The minimum Gasteiger partial charge on any atom is -0.478 e. The Kier molecular flexibility index (Phi) is 5.52. The van der Waals surface area contributed by atoms with Crippen LogP contribution in [0.4, 0.5) is 0 Å². The fourth-order valence-electron chi connectivity index (χ4n) is 2.83. The summed E-state index contributed by atoms with van der Waals surface area (Å²) in [6, 6.07) is 4.25. The molecule has 2 aliphatic rings. The van der Waals surface area contributed by atoms with Gasteiger partial charge in [-0.2, -0.15) is 0 Å². The molecule has 2 aromatic heterocycles. The Morgan fingerprint density at radius 2 is 2.04 bits per heavy atom. The Bertz CT molecular complexity index is 1080. The number of rotatable bonds is 4. The maximum atomic E-state index is 9.55. The lowest BCUT2D eigenvalue weighted by atomic mass is 10.0. The molecule has 138 valence electrons. The molecule has 0 unspecified atom stereocenters. The number of allylic oxidation sites excluding steroid dienone is 4. The highest BCUT2D eigenvalue weighted by Crippen LogP contribution is 2.23. The van der Waals surface area contributed by atoms with Crippen LogP contribution in [0.15, 0.2) is 54.3 Å². The number of hydrogen-bond donors (Lipinski definition) is 2. The molecule has 0 aliphatic heterocycles. The first-order valence-electron chi connectivity index (χ1n) is 8.26. The van der Waals surface area contributed by atoms with Crippen molar-refractivity contribution in [3.05, 3.63) is 74.9 Å². The van der Waals surface area contributed by atoms with Gasteiger partial charge in [0.15, 0.2) is 0 Å². The van der Waals surface area contributed by atoms with E-state index in [9.17, 15) is 9.59 Å². The van der Waals surface area contributed by atoms with Gasteiger partial charge in [0.1, 0.15) is 0 Å². The van der Waals surface area contributed by atoms with Crippen LogP contribution in [0.1, 0.15) is 17.1 Å². The van der Waals surface area contributed by atoms with Crippen LogP contribution in [-0.2, 0) is 23.1 Å². The van der Waals surface area contributed by atoms with Crippen LogP contribution in [0.5, 0.6) is 0 Å². The van der Waals surface area contributed by atoms with Crippen molar-refractivity contribution in [2.75, 3.05) is 0 Å². The quantitative estimate of drug-likeness (QED) is 0.784. The number of fused-ring (bicyclic) bond motifs is 2. The van der Waals surface area contributed by atoms with E-state index in [1.54, 1.807) is 0 Å². The molecule has 0 bridgehead atoms. The zero-order valence-corrected chi connectivity index (χ0v) is 15.4. The van der Waals surface area contributed by atoms with E-state index in [1.165, 1.54) is 31.7 Å². The number of aromatic nitrogens is 2. The van der Waals surface area contributed by atoms with E-state index in [4.69, 9.17) is 15.2 Å². The lowest BCUT2D eigenvalue weighted by Gasteiger charge is -2.04. The van der Waals surface area contributed by atoms with Gasteiger partial charge in [0.2, 0.25) is 0 Å². The van der Waals surface area contributed by atoms with Gasteiger partial charge < -0.3 is 14.8 Å². The molecule has 0 fully saturated rings. The van der Waals surface area contributed by atoms with Crippen molar-refractivity contribution < 1.29 is 19.8 Å². The first-order chi connectivity index (χ1) is 12.9. The van der Waals surface area contributed by atoms with E-state index in [-0.39, 0.29) is 0 Å². The molecule has 2 aliphatic carbocycles. The number of carbonyl (C=O) groups is 2. The third kappa shape index (κ3) is 4.51. The summed E-state index contributed by atoms with van der Waals surface area (Å²) in [6.07, 6.45) is 14.0. The molecule has 0 saturated heterocycles. The van der Waals surface area contributed by atoms with E-state index in [2.05, 4.69) is 54.2 Å². The Balaban J connectivity index is 0.000000226. The molecule has 2 N–H and O–H groups in total. The Labute approximate surface area is 159 Å². The molecule has 0 aromatic carbocycles. The molecule has 6 nitrogen and oxygen atoms in total. The monoisotopic (exact) mass is 382 g/mol. The number of aliphatic carboxylic acids is 2. The fraction of sp³-hybridized carbons (Fsp3) is 0.150. The minimum atomic E-state index is -1.26. The number of aryl methyl sites for hydroxylation is 1. The number of thiazole rings is 1. The average Bonchev–Trinajstić information content (AvgIpc) is 3.29. The van der Waals surface area contributed by atoms with Crippen molar-refractivity contribution in [2.24, 2.45) is 7.05 Å². The predicted molar refractivity (Wildman–Crippen MR) is 104 cm³/mol. The molecular weight excluding hydrogens is 364 g/mol. The second-order valence-electron chi connectivity index (χ2n) is 5.99. The molecule has 0 radical (unpaired) electrons. The van der Waals surface area contributed by atoms with Gasteiger partial charge in [0, 0.05) is 37.5 Å². The van der Waals surface area contributed by atoms with Gasteiger partial charge in [0.05, 0.1) is 14.9 Å². The van der Waals surface area contributed by atoms with E-state index in [1.807, 2.05) is 11.3 Å². The molecule has 7 heteroatoms. The number of carboxylic acids is 2. The van der Waals surface area contributed by atoms with Gasteiger partial charge >= 0.3 is 11.9 Å². The third-order valence-corrected chi connectivity index (χ3v) is 5.11. The highest BCUT2D eigenvalue weighted by Gasteiger charge is 2.16. The maximum Gasteiger partial charge on any atom is 0.328 e. The molecule has 0 saturated carbocycles. The van der Waals surface area contributed by atoms with Gasteiger partial charge in [-0.1, -0.05) is 18.2 Å². The summed E-state index contributed by atoms with van der Waals surface area (Å²) in [5, 5.41) is 18.0. The third-order valence-electron chi connectivity index (χ3n) is 4.10. The van der Waals surface area contributed by atoms with Crippen LogP contribution in [0, 0.1) is 0 Å². The number of hydrogen-bond acceptors (Lipinski definition) is 4. The maximum absolute atomic E-state index is 9.55. The highest BCUT2D eigenvalue weighted by atomic mass is 32.1. The fourth-order valence-corrected chi connectivity index (χ4v) is 3.89. The summed E-state index contributed by atoms with van der Waals surface area (Å²) in [7, 11) is 2.09. The van der Waals surface area contributed by atoms with Crippen LogP contribution in [0.3, 0.4) is 0 Å². The SMILES string of the molecule is Cn1cccc1Cc1nc2c(s1)=CC1=CC=CCC=21.O=C(O)C=CC(=O)O. The summed E-state index contributed by atoms with van der Waals surface area (Å²) >= 11 is 1.83. The number of nitrogens with zero attached hydrogens (tertiary/aromatic N) is 2. The summed E-state index contributed by atoms with van der Waals surface area (Å²) in [4.78, 5) is 24.0. The van der Waals surface area contributed by atoms with Crippen LogP contribution in [-0.4, -0.2) is 31.7 Å². The lowest BCUT2D eigenvalue weighted by Crippen LogP contribution is -2.19. The van der Waals surface area contributed by atoms with Crippen molar-refractivity contribution >= 4 is 34.9 Å². The molecule has 0 amide bonds. The van der Waals surface area contributed by atoms with Crippen molar-refractivity contribution in [2.45, 2.75) is 12.8 Å².